The minimum atomic E-state index is -3.09. The van der Waals surface area contributed by atoms with Crippen LogP contribution in [0.5, 0.6) is 0 Å². The molecule has 106 valence electrons. The first-order valence-corrected chi connectivity index (χ1v) is 8.07. The molecule has 1 rings (SSSR count). The van der Waals surface area contributed by atoms with Crippen LogP contribution in [0.2, 0.25) is 0 Å². The molecule has 0 aromatic heterocycles. The Kier molecular flexibility index (Phi) is 6.04. The Morgan fingerprint density at radius 2 is 1.78 bits per heavy atom. The van der Waals surface area contributed by atoms with Crippen LogP contribution in [0.4, 0.5) is 0 Å². The zero-order valence-electron chi connectivity index (χ0n) is 11.2. The van der Waals surface area contributed by atoms with Crippen molar-refractivity contribution < 1.29 is 13.2 Å². The normalized spacial score (nSPS) is 18.8. The van der Waals surface area contributed by atoms with Crippen LogP contribution in [0.25, 0.3) is 0 Å². The van der Waals surface area contributed by atoms with Gasteiger partial charge in [-0.05, 0) is 13.3 Å². The molecule has 6 nitrogen and oxygen atoms in total. The Hall–Kier alpha value is -0.660. The summed E-state index contributed by atoms with van der Waals surface area (Å²) in [6.07, 6.45) is 0.640. The quantitative estimate of drug-likeness (QED) is 0.709. The standard InChI is InChI=1S/C11H23N3O3S/c1-3-9-18(16,17)14-7-5-13(6-8-14)10-11(15)12-4-2/h3-10H2,1-2H3,(H,12,15). The zero-order valence-corrected chi connectivity index (χ0v) is 12.0. The molecule has 7 heteroatoms. The second-order valence-electron chi connectivity index (χ2n) is 4.44. The minimum absolute atomic E-state index is 0.00219. The Balaban J connectivity index is 2.39. The van der Waals surface area contributed by atoms with Crippen molar-refractivity contribution in [2.45, 2.75) is 20.3 Å². The highest BCUT2D eigenvalue weighted by atomic mass is 32.2. The smallest absolute Gasteiger partial charge is 0.234 e. The molecular weight excluding hydrogens is 254 g/mol. The highest BCUT2D eigenvalue weighted by Gasteiger charge is 2.26. The Morgan fingerprint density at radius 1 is 1.17 bits per heavy atom. The fraction of sp³-hybridized carbons (Fsp3) is 0.909. The first-order chi connectivity index (χ1) is 8.49. The molecule has 1 aliphatic heterocycles. The Bertz CT molecular complexity index is 362. The van der Waals surface area contributed by atoms with Crippen molar-refractivity contribution in [1.29, 1.82) is 0 Å². The highest BCUT2D eigenvalue weighted by molar-refractivity contribution is 7.89. The van der Waals surface area contributed by atoms with Crippen molar-refractivity contribution in [3.05, 3.63) is 0 Å². The van der Waals surface area contributed by atoms with Gasteiger partial charge in [-0.2, -0.15) is 4.31 Å². The maximum Gasteiger partial charge on any atom is 0.234 e. The third kappa shape index (κ3) is 4.55. The second-order valence-corrected chi connectivity index (χ2v) is 6.53. The van der Waals surface area contributed by atoms with E-state index in [2.05, 4.69) is 5.32 Å². The lowest BCUT2D eigenvalue weighted by atomic mass is 10.3. The van der Waals surface area contributed by atoms with E-state index in [4.69, 9.17) is 0 Å². The lowest BCUT2D eigenvalue weighted by molar-refractivity contribution is -0.122. The maximum atomic E-state index is 11.8. The molecule has 0 atom stereocenters. The molecule has 1 heterocycles. The van der Waals surface area contributed by atoms with Crippen LogP contribution in [0, 0.1) is 0 Å². The van der Waals surface area contributed by atoms with Crippen molar-refractivity contribution in [1.82, 2.24) is 14.5 Å². The Labute approximate surface area is 109 Å². The molecule has 0 aliphatic carbocycles. The fourth-order valence-corrected chi connectivity index (χ4v) is 3.50. The van der Waals surface area contributed by atoms with Gasteiger partial charge >= 0.3 is 0 Å². The van der Waals surface area contributed by atoms with Crippen LogP contribution in [0.1, 0.15) is 20.3 Å². The summed E-state index contributed by atoms with van der Waals surface area (Å²) in [7, 11) is -3.09. The van der Waals surface area contributed by atoms with Gasteiger partial charge in [-0.25, -0.2) is 8.42 Å². The topological polar surface area (TPSA) is 69.7 Å². The van der Waals surface area contributed by atoms with Gasteiger partial charge in [-0.3, -0.25) is 9.69 Å². The van der Waals surface area contributed by atoms with Gasteiger partial charge in [0.15, 0.2) is 0 Å². The molecule has 0 aromatic carbocycles. The van der Waals surface area contributed by atoms with E-state index >= 15 is 0 Å². The van der Waals surface area contributed by atoms with E-state index in [0.29, 0.717) is 45.7 Å². The van der Waals surface area contributed by atoms with E-state index in [1.807, 2.05) is 18.7 Å². The molecule has 18 heavy (non-hydrogen) atoms. The number of nitrogens with zero attached hydrogens (tertiary/aromatic N) is 2. The van der Waals surface area contributed by atoms with Crippen LogP contribution >= 0.6 is 0 Å². The molecule has 0 spiro atoms. The summed E-state index contributed by atoms with van der Waals surface area (Å²) in [4.78, 5) is 13.4. The SMILES string of the molecule is CCCS(=O)(=O)N1CCN(CC(=O)NCC)CC1. The number of rotatable bonds is 6. The van der Waals surface area contributed by atoms with E-state index in [1.54, 1.807) is 0 Å². The molecule has 0 aromatic rings. The average Bonchev–Trinajstić information content (AvgIpc) is 2.30. The van der Waals surface area contributed by atoms with Crippen molar-refractivity contribution in [3.8, 4) is 0 Å². The number of amides is 1. The lowest BCUT2D eigenvalue weighted by Crippen LogP contribution is -2.51. The summed E-state index contributed by atoms with van der Waals surface area (Å²) in [5.41, 5.74) is 0. The number of hydrogen-bond acceptors (Lipinski definition) is 4. The third-order valence-electron chi connectivity index (χ3n) is 2.93. The number of carbonyl (C=O) groups is 1. The second kappa shape index (κ2) is 7.06. The van der Waals surface area contributed by atoms with Crippen LogP contribution < -0.4 is 5.32 Å². The molecule has 1 amide bonds. The molecule has 1 N–H and O–H groups in total. The van der Waals surface area contributed by atoms with Gasteiger partial charge in [0, 0.05) is 32.7 Å². The van der Waals surface area contributed by atoms with Gasteiger partial charge in [0.1, 0.15) is 0 Å². The van der Waals surface area contributed by atoms with E-state index in [9.17, 15) is 13.2 Å². The largest absolute Gasteiger partial charge is 0.355 e. The van der Waals surface area contributed by atoms with Gasteiger partial charge in [0.2, 0.25) is 15.9 Å². The summed E-state index contributed by atoms with van der Waals surface area (Å²) in [5.74, 6) is 0.214. The van der Waals surface area contributed by atoms with Crippen molar-refractivity contribution in [2.24, 2.45) is 0 Å². The predicted octanol–water partition coefficient (Wildman–Crippen LogP) is -0.520. The van der Waals surface area contributed by atoms with Gasteiger partial charge in [-0.1, -0.05) is 6.92 Å². The van der Waals surface area contributed by atoms with Gasteiger partial charge in [0.25, 0.3) is 0 Å². The maximum absolute atomic E-state index is 11.8. The first-order valence-electron chi connectivity index (χ1n) is 6.46. The highest BCUT2D eigenvalue weighted by Crippen LogP contribution is 2.08. The summed E-state index contributed by atoms with van der Waals surface area (Å²) < 4.78 is 25.2. The Morgan fingerprint density at radius 3 is 2.28 bits per heavy atom. The van der Waals surface area contributed by atoms with Crippen LogP contribution in [0.15, 0.2) is 0 Å². The van der Waals surface area contributed by atoms with Crippen molar-refractivity contribution in [3.63, 3.8) is 0 Å². The van der Waals surface area contributed by atoms with Crippen LogP contribution in [0.3, 0.4) is 0 Å². The zero-order chi connectivity index (χ0) is 13.6. The molecule has 0 radical (unpaired) electrons. The number of carbonyl (C=O) groups excluding carboxylic acids is 1. The van der Waals surface area contributed by atoms with Crippen LogP contribution in [-0.2, 0) is 14.8 Å². The lowest BCUT2D eigenvalue weighted by Gasteiger charge is -2.33. The number of piperazine rings is 1. The number of nitrogens with one attached hydrogen (secondary N) is 1. The number of hydrogen-bond donors (Lipinski definition) is 1. The van der Waals surface area contributed by atoms with Crippen molar-refractivity contribution >= 4 is 15.9 Å². The molecule has 1 saturated heterocycles. The van der Waals surface area contributed by atoms with E-state index in [0.717, 1.165) is 0 Å². The van der Waals surface area contributed by atoms with Crippen LogP contribution in [-0.4, -0.2) is 68.6 Å². The van der Waals surface area contributed by atoms with Gasteiger partial charge in [-0.15, -0.1) is 0 Å². The summed E-state index contributed by atoms with van der Waals surface area (Å²) in [6.45, 7) is 6.96. The molecule has 0 bridgehead atoms. The molecule has 1 aliphatic rings. The summed E-state index contributed by atoms with van der Waals surface area (Å²) >= 11 is 0. The fourth-order valence-electron chi connectivity index (χ4n) is 2.01. The molecule has 1 fully saturated rings. The van der Waals surface area contributed by atoms with Gasteiger partial charge in [0.05, 0.1) is 12.3 Å². The predicted molar refractivity (Wildman–Crippen MR) is 70.8 cm³/mol. The average molecular weight is 277 g/mol. The number of likely N-dealkylation sites (N-methyl/N-ethyl adjacent to an activating group) is 1. The monoisotopic (exact) mass is 277 g/mol. The molecule has 0 unspecified atom stereocenters. The third-order valence-corrected chi connectivity index (χ3v) is 5.00. The van der Waals surface area contributed by atoms with E-state index in [-0.39, 0.29) is 11.7 Å². The molecular formula is C11H23N3O3S. The van der Waals surface area contributed by atoms with Gasteiger partial charge < -0.3 is 5.32 Å². The summed E-state index contributed by atoms with van der Waals surface area (Å²) in [6, 6.07) is 0. The molecule has 0 saturated carbocycles. The first kappa shape index (κ1) is 15.4. The van der Waals surface area contributed by atoms with Crippen molar-refractivity contribution in [2.75, 3.05) is 45.0 Å². The minimum Gasteiger partial charge on any atom is -0.355 e. The van der Waals surface area contributed by atoms with E-state index in [1.165, 1.54) is 4.31 Å². The summed E-state index contributed by atoms with van der Waals surface area (Å²) in [5, 5.41) is 2.74. The van der Waals surface area contributed by atoms with E-state index < -0.39 is 10.0 Å². The number of sulfonamides is 1.